The average Bonchev–Trinajstić information content (AvgIpc) is 2.87. The minimum absolute atomic E-state index is 0.618. The third-order valence-corrected chi connectivity index (χ3v) is 3.19. The molecule has 0 spiro atoms. The molecule has 1 fully saturated rings. The number of nitrogens with zero attached hydrogens (tertiary/aromatic N) is 3. The molecule has 0 bridgehead atoms. The standard InChI is InChI=1S/C11H14N4O/c1-7-4-5-15(6-7)9-3-2-8(12)10-11(9)14-16-13-10/h2-3,7H,4-6,12H2,1H3. The van der Waals surface area contributed by atoms with Crippen molar-refractivity contribution in [1.29, 1.82) is 0 Å². The first kappa shape index (κ1) is 9.45. The normalized spacial score (nSPS) is 20.8. The Bertz CT molecular complexity index is 522. The van der Waals surface area contributed by atoms with E-state index in [4.69, 9.17) is 10.4 Å². The lowest BCUT2D eigenvalue weighted by Gasteiger charge is -2.18. The summed E-state index contributed by atoms with van der Waals surface area (Å²) < 4.78 is 4.77. The van der Waals surface area contributed by atoms with Gasteiger partial charge in [0.1, 0.15) is 0 Å². The number of rotatable bonds is 1. The molecule has 0 saturated carbocycles. The molecule has 1 aromatic heterocycles. The van der Waals surface area contributed by atoms with Gasteiger partial charge < -0.3 is 10.6 Å². The lowest BCUT2D eigenvalue weighted by molar-refractivity contribution is 0.315. The molecule has 3 rings (SSSR count). The molecule has 84 valence electrons. The highest BCUT2D eigenvalue weighted by molar-refractivity contribution is 5.95. The molecule has 2 heterocycles. The number of nitrogen functional groups attached to an aromatic ring is 1. The minimum atomic E-state index is 0.618. The van der Waals surface area contributed by atoms with Crippen LogP contribution in [-0.4, -0.2) is 23.4 Å². The van der Waals surface area contributed by atoms with Crippen molar-refractivity contribution in [2.45, 2.75) is 13.3 Å². The summed E-state index contributed by atoms with van der Waals surface area (Å²) in [5.41, 5.74) is 8.95. The monoisotopic (exact) mass is 218 g/mol. The van der Waals surface area contributed by atoms with E-state index in [0.29, 0.717) is 11.2 Å². The van der Waals surface area contributed by atoms with E-state index in [0.717, 1.165) is 30.2 Å². The van der Waals surface area contributed by atoms with Crippen LogP contribution in [0.2, 0.25) is 0 Å². The molecule has 1 unspecified atom stereocenters. The summed E-state index contributed by atoms with van der Waals surface area (Å²) in [6.07, 6.45) is 1.22. The van der Waals surface area contributed by atoms with Gasteiger partial charge in [0.15, 0.2) is 11.0 Å². The number of nitrogens with two attached hydrogens (primary N) is 1. The Morgan fingerprint density at radius 2 is 2.19 bits per heavy atom. The number of aromatic nitrogens is 2. The van der Waals surface area contributed by atoms with Crippen molar-refractivity contribution in [1.82, 2.24) is 10.3 Å². The van der Waals surface area contributed by atoms with Gasteiger partial charge in [0.25, 0.3) is 0 Å². The van der Waals surface area contributed by atoms with Gasteiger partial charge >= 0.3 is 0 Å². The maximum atomic E-state index is 5.81. The highest BCUT2D eigenvalue weighted by atomic mass is 16.6. The summed E-state index contributed by atoms with van der Waals surface area (Å²) in [4.78, 5) is 2.32. The van der Waals surface area contributed by atoms with E-state index < -0.39 is 0 Å². The van der Waals surface area contributed by atoms with Gasteiger partial charge in [0.05, 0.1) is 11.4 Å². The molecule has 0 amide bonds. The van der Waals surface area contributed by atoms with Crippen molar-refractivity contribution < 1.29 is 4.63 Å². The van der Waals surface area contributed by atoms with Gasteiger partial charge in [-0.1, -0.05) is 6.92 Å². The van der Waals surface area contributed by atoms with Gasteiger partial charge in [0.2, 0.25) is 0 Å². The summed E-state index contributed by atoms with van der Waals surface area (Å²) >= 11 is 0. The van der Waals surface area contributed by atoms with Crippen LogP contribution in [0.3, 0.4) is 0 Å². The van der Waals surface area contributed by atoms with E-state index in [-0.39, 0.29) is 0 Å². The summed E-state index contributed by atoms with van der Waals surface area (Å²) in [7, 11) is 0. The summed E-state index contributed by atoms with van der Waals surface area (Å²) in [6, 6.07) is 3.87. The van der Waals surface area contributed by atoms with Crippen molar-refractivity contribution in [2.24, 2.45) is 5.92 Å². The van der Waals surface area contributed by atoms with Crippen LogP contribution < -0.4 is 10.6 Å². The fourth-order valence-electron chi connectivity index (χ4n) is 2.28. The fourth-order valence-corrected chi connectivity index (χ4v) is 2.28. The molecule has 2 N–H and O–H groups in total. The van der Waals surface area contributed by atoms with Gasteiger partial charge in [-0.2, -0.15) is 0 Å². The molecular weight excluding hydrogens is 204 g/mol. The fraction of sp³-hybridized carbons (Fsp3) is 0.455. The third kappa shape index (κ3) is 1.31. The second-order valence-electron chi connectivity index (χ2n) is 4.48. The number of anilines is 2. The van der Waals surface area contributed by atoms with Crippen LogP contribution in [0.25, 0.3) is 11.0 Å². The quantitative estimate of drug-likeness (QED) is 0.737. The molecule has 1 aromatic carbocycles. The second-order valence-corrected chi connectivity index (χ2v) is 4.48. The van der Waals surface area contributed by atoms with E-state index in [2.05, 4.69) is 22.1 Å². The molecular formula is C11H14N4O. The van der Waals surface area contributed by atoms with Gasteiger partial charge in [-0.3, -0.25) is 0 Å². The number of hydrogen-bond donors (Lipinski definition) is 1. The van der Waals surface area contributed by atoms with E-state index in [1.54, 1.807) is 0 Å². The van der Waals surface area contributed by atoms with Crippen LogP contribution in [-0.2, 0) is 0 Å². The first-order valence-corrected chi connectivity index (χ1v) is 5.51. The van der Waals surface area contributed by atoms with Gasteiger partial charge in [-0.15, -0.1) is 0 Å². The van der Waals surface area contributed by atoms with E-state index in [1.807, 2.05) is 12.1 Å². The largest absolute Gasteiger partial charge is 0.397 e. The van der Waals surface area contributed by atoms with Crippen molar-refractivity contribution in [3.8, 4) is 0 Å². The van der Waals surface area contributed by atoms with Crippen molar-refractivity contribution in [3.05, 3.63) is 12.1 Å². The molecule has 1 aliphatic rings. The predicted molar refractivity (Wildman–Crippen MR) is 62.2 cm³/mol. The average molecular weight is 218 g/mol. The van der Waals surface area contributed by atoms with Crippen LogP contribution >= 0.6 is 0 Å². The first-order valence-electron chi connectivity index (χ1n) is 5.51. The predicted octanol–water partition coefficient (Wildman–Crippen LogP) is 1.65. The van der Waals surface area contributed by atoms with Crippen LogP contribution in [0, 0.1) is 5.92 Å². The van der Waals surface area contributed by atoms with Crippen molar-refractivity contribution in [2.75, 3.05) is 23.7 Å². The summed E-state index contributed by atoms with van der Waals surface area (Å²) in [5, 5.41) is 7.77. The molecule has 5 heteroatoms. The smallest absolute Gasteiger partial charge is 0.160 e. The zero-order valence-electron chi connectivity index (χ0n) is 9.18. The van der Waals surface area contributed by atoms with Gasteiger partial charge in [-0.25, -0.2) is 4.63 Å². The molecule has 0 aliphatic carbocycles. The molecule has 1 aliphatic heterocycles. The Kier molecular flexibility index (Phi) is 1.99. The Balaban J connectivity index is 2.10. The molecule has 0 radical (unpaired) electrons. The Labute approximate surface area is 93.2 Å². The molecule has 2 aromatic rings. The zero-order chi connectivity index (χ0) is 11.1. The maximum absolute atomic E-state index is 5.81. The Morgan fingerprint density at radius 3 is 2.94 bits per heavy atom. The first-order chi connectivity index (χ1) is 7.75. The number of fused-ring (bicyclic) bond motifs is 1. The highest BCUT2D eigenvalue weighted by Gasteiger charge is 2.22. The van der Waals surface area contributed by atoms with E-state index in [1.165, 1.54) is 6.42 Å². The Morgan fingerprint density at radius 1 is 1.38 bits per heavy atom. The third-order valence-electron chi connectivity index (χ3n) is 3.19. The maximum Gasteiger partial charge on any atom is 0.160 e. The van der Waals surface area contributed by atoms with Crippen LogP contribution in [0.1, 0.15) is 13.3 Å². The van der Waals surface area contributed by atoms with E-state index >= 15 is 0 Å². The molecule has 1 atom stereocenters. The second kappa shape index (κ2) is 3.37. The molecule has 1 saturated heterocycles. The summed E-state index contributed by atoms with van der Waals surface area (Å²) in [6.45, 7) is 4.38. The van der Waals surface area contributed by atoms with Gasteiger partial charge in [0, 0.05) is 13.1 Å². The topological polar surface area (TPSA) is 68.2 Å². The van der Waals surface area contributed by atoms with Crippen LogP contribution in [0.5, 0.6) is 0 Å². The van der Waals surface area contributed by atoms with Crippen LogP contribution in [0.4, 0.5) is 11.4 Å². The number of hydrogen-bond acceptors (Lipinski definition) is 5. The van der Waals surface area contributed by atoms with Crippen LogP contribution in [0.15, 0.2) is 16.8 Å². The Hall–Kier alpha value is -1.78. The van der Waals surface area contributed by atoms with E-state index in [9.17, 15) is 0 Å². The van der Waals surface area contributed by atoms with Crippen molar-refractivity contribution >= 4 is 22.4 Å². The SMILES string of the molecule is CC1CCN(c2ccc(N)c3nonc23)C1. The highest BCUT2D eigenvalue weighted by Crippen LogP contribution is 2.31. The summed E-state index contributed by atoms with van der Waals surface area (Å²) in [5.74, 6) is 0.729. The minimum Gasteiger partial charge on any atom is -0.397 e. The van der Waals surface area contributed by atoms with Gasteiger partial charge in [-0.05, 0) is 34.8 Å². The molecule has 5 nitrogen and oxygen atoms in total. The molecule has 16 heavy (non-hydrogen) atoms. The lowest BCUT2D eigenvalue weighted by Crippen LogP contribution is -2.19. The zero-order valence-corrected chi connectivity index (χ0v) is 9.18. The number of benzene rings is 1. The van der Waals surface area contributed by atoms with Crippen molar-refractivity contribution in [3.63, 3.8) is 0 Å². The lowest BCUT2D eigenvalue weighted by atomic mass is 10.2.